The molecule has 2 aromatic heterocycles. The van der Waals surface area contributed by atoms with Crippen molar-refractivity contribution in [3.63, 3.8) is 0 Å². The summed E-state index contributed by atoms with van der Waals surface area (Å²) < 4.78 is 51.4. The molecule has 0 atom stereocenters. The smallest absolute Gasteiger partial charge is 0.419 e. The molecule has 0 unspecified atom stereocenters. The van der Waals surface area contributed by atoms with Crippen LogP contribution in [0, 0.1) is 11.3 Å². The Balaban J connectivity index is 1.59. The molecule has 40 heavy (non-hydrogen) atoms. The number of anilines is 1. The van der Waals surface area contributed by atoms with E-state index >= 15 is 0 Å². The maximum atomic E-state index is 13.1. The minimum Gasteiger partial charge on any atom is -0.468 e. The fraction of sp³-hybridized carbons (Fsp3) is 0.379. The average Bonchev–Trinajstić information content (AvgIpc) is 3.41. The second kappa shape index (κ2) is 10.7. The number of rotatable bonds is 4. The van der Waals surface area contributed by atoms with E-state index in [-0.39, 0.29) is 5.56 Å². The van der Waals surface area contributed by atoms with E-state index < -0.39 is 34.8 Å². The number of hydrogen-bond acceptors (Lipinski definition) is 7. The minimum absolute atomic E-state index is 0.0839. The minimum atomic E-state index is -4.56. The van der Waals surface area contributed by atoms with Crippen molar-refractivity contribution >= 4 is 17.7 Å². The molecule has 1 aliphatic heterocycles. The van der Waals surface area contributed by atoms with Gasteiger partial charge in [0.15, 0.2) is 0 Å². The lowest BCUT2D eigenvalue weighted by atomic mass is 9.73. The van der Waals surface area contributed by atoms with E-state index in [2.05, 4.69) is 4.98 Å². The second-order valence-corrected chi connectivity index (χ2v) is 10.6. The van der Waals surface area contributed by atoms with Gasteiger partial charge in [0.1, 0.15) is 11.7 Å². The molecule has 4 rings (SSSR count). The molecule has 11 heteroatoms. The molecule has 8 nitrogen and oxygen atoms in total. The highest BCUT2D eigenvalue weighted by atomic mass is 19.4. The average molecular weight is 555 g/mol. The molecule has 210 valence electrons. The number of hydrogen-bond donors (Lipinski definition) is 0. The Morgan fingerprint density at radius 3 is 2.33 bits per heavy atom. The molecule has 0 saturated carbocycles. The van der Waals surface area contributed by atoms with E-state index in [4.69, 9.17) is 9.47 Å². The number of aromatic nitrogens is 2. The van der Waals surface area contributed by atoms with E-state index in [1.54, 1.807) is 62.3 Å². The Kier molecular flexibility index (Phi) is 7.65. The monoisotopic (exact) mass is 554 g/mol. The molecule has 3 aromatic rings. The summed E-state index contributed by atoms with van der Waals surface area (Å²) in [4.78, 5) is 32.1. The quantitative estimate of drug-likeness (QED) is 0.369. The number of methoxy groups -OCH3 is 1. The van der Waals surface area contributed by atoms with Crippen molar-refractivity contribution in [3.8, 4) is 17.5 Å². The molecule has 0 amide bonds. The van der Waals surface area contributed by atoms with Crippen molar-refractivity contribution in [2.45, 2.75) is 50.8 Å². The van der Waals surface area contributed by atoms with Gasteiger partial charge in [-0.25, -0.2) is 4.79 Å². The number of nitrogens with zero attached hydrogens (tertiary/aromatic N) is 4. The van der Waals surface area contributed by atoms with Gasteiger partial charge in [-0.1, -0.05) is 6.07 Å². The fourth-order valence-electron chi connectivity index (χ4n) is 4.90. The first kappa shape index (κ1) is 28.7. The summed E-state index contributed by atoms with van der Waals surface area (Å²) in [6.07, 6.45) is -1.35. The van der Waals surface area contributed by atoms with Crippen molar-refractivity contribution in [2.75, 3.05) is 25.1 Å². The van der Waals surface area contributed by atoms with E-state index in [1.165, 1.54) is 17.7 Å². The highest BCUT2D eigenvalue weighted by Gasteiger charge is 2.45. The maximum Gasteiger partial charge on any atom is 0.419 e. The standard InChI is InChI=1S/C29H29F3N4O4/c1-27(2,3)40-26(38)36-13-5-6-24(36)22-9-7-21(18-34-22)28(25(37)39-4)11-14-35(15-12-28)23-10-8-20(29(30,31)32)16-19(23)17-33/h5-10,13,16,18H,11-12,14-15H2,1-4H3. The molecule has 0 bridgehead atoms. The van der Waals surface area contributed by atoms with Crippen molar-refractivity contribution in [1.29, 1.82) is 5.26 Å². The molecule has 1 saturated heterocycles. The van der Waals surface area contributed by atoms with Gasteiger partial charge in [-0.2, -0.15) is 18.4 Å². The van der Waals surface area contributed by atoms with Crippen LogP contribution in [-0.4, -0.2) is 47.4 Å². The van der Waals surface area contributed by atoms with Gasteiger partial charge in [0.2, 0.25) is 0 Å². The summed E-state index contributed by atoms with van der Waals surface area (Å²) in [6, 6.07) is 11.9. The topological polar surface area (TPSA) is 97.4 Å². The number of pyridine rings is 1. The number of ether oxygens (including phenoxy) is 2. The molecule has 1 aromatic carbocycles. The molecule has 0 N–H and O–H groups in total. The Bertz CT molecular complexity index is 1440. The summed E-state index contributed by atoms with van der Waals surface area (Å²) >= 11 is 0. The van der Waals surface area contributed by atoms with Gasteiger partial charge in [0, 0.05) is 25.5 Å². The summed E-state index contributed by atoms with van der Waals surface area (Å²) in [7, 11) is 1.30. The summed E-state index contributed by atoms with van der Waals surface area (Å²) in [6.45, 7) is 5.93. The van der Waals surface area contributed by atoms with E-state index in [1.807, 2.05) is 6.07 Å². The Hall–Kier alpha value is -4.33. The summed E-state index contributed by atoms with van der Waals surface area (Å²) in [5.41, 5.74) is -0.669. The highest BCUT2D eigenvalue weighted by molar-refractivity contribution is 5.84. The molecular formula is C29H29F3N4O4. The van der Waals surface area contributed by atoms with Crippen LogP contribution in [0.4, 0.5) is 23.7 Å². The number of alkyl halides is 3. The maximum absolute atomic E-state index is 13.1. The molecule has 3 heterocycles. The number of piperidine rings is 1. The Morgan fingerprint density at radius 1 is 1.07 bits per heavy atom. The van der Waals surface area contributed by atoms with Crippen LogP contribution in [0.1, 0.15) is 50.3 Å². The van der Waals surface area contributed by atoms with Crippen molar-refractivity contribution in [3.05, 3.63) is 71.5 Å². The lowest BCUT2D eigenvalue weighted by molar-refractivity contribution is -0.148. The number of nitriles is 1. The summed E-state index contributed by atoms with van der Waals surface area (Å²) in [5, 5.41) is 9.50. The SMILES string of the molecule is COC(=O)C1(c2ccc(-c3cccn3C(=O)OC(C)(C)C)nc2)CCN(c2ccc(C(F)(F)F)cc2C#N)CC1. The van der Waals surface area contributed by atoms with Crippen molar-refractivity contribution in [1.82, 2.24) is 9.55 Å². The van der Waals surface area contributed by atoms with Gasteiger partial charge in [-0.15, -0.1) is 0 Å². The van der Waals surface area contributed by atoms with Gasteiger partial charge >= 0.3 is 18.2 Å². The van der Waals surface area contributed by atoms with Crippen LogP contribution in [-0.2, 0) is 25.9 Å². The van der Waals surface area contributed by atoms with Gasteiger partial charge in [-0.3, -0.25) is 14.3 Å². The number of esters is 1. The second-order valence-electron chi connectivity index (χ2n) is 10.6. The zero-order valence-electron chi connectivity index (χ0n) is 22.6. The molecule has 0 aliphatic carbocycles. The van der Waals surface area contributed by atoms with Gasteiger partial charge < -0.3 is 14.4 Å². The lowest BCUT2D eigenvalue weighted by Crippen LogP contribution is -2.48. The number of benzene rings is 1. The first-order valence-corrected chi connectivity index (χ1v) is 12.6. The van der Waals surface area contributed by atoms with Crippen LogP contribution >= 0.6 is 0 Å². The van der Waals surface area contributed by atoms with Gasteiger partial charge in [0.05, 0.1) is 40.7 Å². The number of carbonyl (C=O) groups excluding carboxylic acids is 2. The third kappa shape index (κ3) is 5.66. The third-order valence-corrected chi connectivity index (χ3v) is 6.90. The van der Waals surface area contributed by atoms with Crippen LogP contribution in [0.3, 0.4) is 0 Å². The van der Waals surface area contributed by atoms with Crippen LogP contribution in [0.2, 0.25) is 0 Å². The van der Waals surface area contributed by atoms with Crippen LogP contribution < -0.4 is 4.90 Å². The van der Waals surface area contributed by atoms with Crippen LogP contribution in [0.25, 0.3) is 11.4 Å². The molecule has 1 fully saturated rings. The summed E-state index contributed by atoms with van der Waals surface area (Å²) in [5.74, 6) is -0.452. The van der Waals surface area contributed by atoms with Crippen LogP contribution in [0.5, 0.6) is 0 Å². The zero-order valence-corrected chi connectivity index (χ0v) is 22.6. The predicted molar refractivity (Wildman–Crippen MR) is 141 cm³/mol. The zero-order chi connectivity index (χ0) is 29.3. The number of carbonyl (C=O) groups is 2. The first-order chi connectivity index (χ1) is 18.8. The van der Waals surface area contributed by atoms with Gasteiger partial charge in [-0.05, 0) is 75.6 Å². The molecular weight excluding hydrogens is 525 g/mol. The normalized spacial score (nSPS) is 15.3. The van der Waals surface area contributed by atoms with E-state index in [0.717, 1.165) is 12.1 Å². The Labute approximate surface area is 229 Å². The van der Waals surface area contributed by atoms with E-state index in [9.17, 15) is 28.0 Å². The Morgan fingerprint density at radius 2 is 1.77 bits per heavy atom. The predicted octanol–water partition coefficient (Wildman–Crippen LogP) is 5.93. The lowest BCUT2D eigenvalue weighted by Gasteiger charge is -2.41. The first-order valence-electron chi connectivity index (χ1n) is 12.6. The number of halogens is 3. The van der Waals surface area contributed by atoms with Gasteiger partial charge in [0.25, 0.3) is 0 Å². The largest absolute Gasteiger partial charge is 0.468 e. The molecule has 0 spiro atoms. The van der Waals surface area contributed by atoms with Crippen molar-refractivity contribution in [2.24, 2.45) is 0 Å². The van der Waals surface area contributed by atoms with Crippen molar-refractivity contribution < 1.29 is 32.2 Å². The third-order valence-electron chi connectivity index (χ3n) is 6.90. The molecule has 0 radical (unpaired) electrons. The van der Waals surface area contributed by atoms with E-state index in [0.29, 0.717) is 48.6 Å². The molecule has 1 aliphatic rings. The fourth-order valence-corrected chi connectivity index (χ4v) is 4.90. The highest BCUT2D eigenvalue weighted by Crippen LogP contribution is 2.40. The van der Waals surface area contributed by atoms with Crippen LogP contribution in [0.15, 0.2) is 54.9 Å².